The number of hydrogen-bond donors (Lipinski definition) is 3. The van der Waals surface area contributed by atoms with Gasteiger partial charge in [0, 0.05) is 11.7 Å². The molecule has 5 nitrogen and oxygen atoms in total. The first-order valence-corrected chi connectivity index (χ1v) is 7.46. The molecular formula is C16H20N2O3. The van der Waals surface area contributed by atoms with Crippen molar-refractivity contribution in [2.45, 2.75) is 25.3 Å². The van der Waals surface area contributed by atoms with Crippen molar-refractivity contribution in [3.8, 4) is 0 Å². The third-order valence-electron chi connectivity index (χ3n) is 4.76. The first-order chi connectivity index (χ1) is 10.1. The molecule has 0 saturated heterocycles. The number of anilines is 1. The second-order valence-corrected chi connectivity index (χ2v) is 6.01. The second kappa shape index (κ2) is 5.76. The average molecular weight is 288 g/mol. The van der Waals surface area contributed by atoms with Gasteiger partial charge in [-0.15, -0.1) is 0 Å². The van der Waals surface area contributed by atoms with E-state index in [1.807, 2.05) is 30.3 Å². The maximum absolute atomic E-state index is 12.1. The Morgan fingerprint density at radius 1 is 1.14 bits per heavy atom. The van der Waals surface area contributed by atoms with Crippen LogP contribution in [0, 0.1) is 17.8 Å². The van der Waals surface area contributed by atoms with Crippen molar-refractivity contribution in [3.05, 3.63) is 30.3 Å². The van der Waals surface area contributed by atoms with E-state index in [1.54, 1.807) is 0 Å². The number of carbonyl (C=O) groups is 2. The Hall–Kier alpha value is -2.04. The monoisotopic (exact) mass is 288 g/mol. The van der Waals surface area contributed by atoms with Gasteiger partial charge in [0.2, 0.25) is 5.91 Å². The number of benzene rings is 1. The number of hydrogen-bond acceptors (Lipinski definition) is 3. The number of fused-ring (bicyclic) bond motifs is 2. The molecule has 2 bridgehead atoms. The van der Waals surface area contributed by atoms with Crippen LogP contribution in [0.1, 0.15) is 19.3 Å². The van der Waals surface area contributed by atoms with Crippen molar-refractivity contribution >= 4 is 17.6 Å². The van der Waals surface area contributed by atoms with E-state index in [2.05, 4.69) is 10.6 Å². The normalized spacial score (nSPS) is 30.1. The first-order valence-electron chi connectivity index (χ1n) is 7.46. The molecule has 2 aliphatic rings. The minimum Gasteiger partial charge on any atom is -0.481 e. The molecule has 1 aromatic carbocycles. The zero-order valence-electron chi connectivity index (χ0n) is 11.8. The highest BCUT2D eigenvalue weighted by atomic mass is 16.4. The molecule has 21 heavy (non-hydrogen) atoms. The van der Waals surface area contributed by atoms with Gasteiger partial charge in [0.25, 0.3) is 0 Å². The molecule has 3 rings (SSSR count). The lowest BCUT2D eigenvalue weighted by Crippen LogP contribution is -2.48. The van der Waals surface area contributed by atoms with Crippen LogP contribution in [0.2, 0.25) is 0 Å². The molecule has 4 atom stereocenters. The van der Waals surface area contributed by atoms with Gasteiger partial charge in [0.15, 0.2) is 0 Å². The number of aliphatic carboxylic acids is 1. The lowest BCUT2D eigenvalue weighted by Gasteiger charge is -2.28. The highest BCUT2D eigenvalue weighted by Gasteiger charge is 2.51. The van der Waals surface area contributed by atoms with Crippen LogP contribution >= 0.6 is 0 Å². The van der Waals surface area contributed by atoms with Crippen molar-refractivity contribution < 1.29 is 14.7 Å². The third-order valence-corrected chi connectivity index (χ3v) is 4.76. The van der Waals surface area contributed by atoms with E-state index >= 15 is 0 Å². The number of carboxylic acid groups (broad SMARTS) is 1. The van der Waals surface area contributed by atoms with Crippen LogP contribution in [0.5, 0.6) is 0 Å². The highest BCUT2D eigenvalue weighted by molar-refractivity contribution is 5.82. The van der Waals surface area contributed by atoms with Crippen LogP contribution in [0.4, 0.5) is 5.69 Å². The summed E-state index contributed by atoms with van der Waals surface area (Å²) in [6.45, 7) is 0.171. The molecule has 3 N–H and O–H groups in total. The van der Waals surface area contributed by atoms with Crippen molar-refractivity contribution in [2.75, 3.05) is 11.9 Å². The van der Waals surface area contributed by atoms with Crippen LogP contribution in [-0.4, -0.2) is 29.6 Å². The third kappa shape index (κ3) is 2.86. The molecule has 0 heterocycles. The Morgan fingerprint density at radius 2 is 1.86 bits per heavy atom. The summed E-state index contributed by atoms with van der Waals surface area (Å²) in [5.41, 5.74) is 0.885. The fourth-order valence-corrected chi connectivity index (χ4v) is 3.83. The van der Waals surface area contributed by atoms with E-state index in [4.69, 9.17) is 0 Å². The lowest BCUT2D eigenvalue weighted by molar-refractivity contribution is -0.144. The molecule has 2 saturated carbocycles. The highest BCUT2D eigenvalue weighted by Crippen LogP contribution is 2.48. The van der Waals surface area contributed by atoms with E-state index in [0.29, 0.717) is 5.92 Å². The molecular weight excluding hydrogens is 268 g/mol. The van der Waals surface area contributed by atoms with E-state index in [0.717, 1.165) is 24.9 Å². The van der Waals surface area contributed by atoms with E-state index < -0.39 is 11.9 Å². The number of carbonyl (C=O) groups excluding carboxylic acids is 1. The molecule has 0 aromatic heterocycles. The minimum atomic E-state index is -0.775. The number of carboxylic acids is 1. The smallest absolute Gasteiger partial charge is 0.308 e. The van der Waals surface area contributed by atoms with Crippen LogP contribution in [0.15, 0.2) is 30.3 Å². The molecule has 4 unspecified atom stereocenters. The maximum Gasteiger partial charge on any atom is 0.308 e. The molecule has 0 radical (unpaired) electrons. The largest absolute Gasteiger partial charge is 0.481 e. The molecule has 0 aliphatic heterocycles. The van der Waals surface area contributed by atoms with Gasteiger partial charge in [-0.25, -0.2) is 0 Å². The van der Waals surface area contributed by atoms with Gasteiger partial charge in [-0.1, -0.05) is 18.2 Å². The molecule has 0 spiro atoms. The van der Waals surface area contributed by atoms with Crippen molar-refractivity contribution in [1.29, 1.82) is 0 Å². The van der Waals surface area contributed by atoms with Gasteiger partial charge < -0.3 is 15.7 Å². The standard InChI is InChI=1S/C16H20N2O3/c19-13(9-17-12-4-2-1-3-5-12)18-15-11-7-6-10(8-11)14(15)16(20)21/h1-5,10-11,14-15,17H,6-9H2,(H,18,19)(H,20,21). The number of para-hydroxylation sites is 1. The minimum absolute atomic E-state index is 0.136. The Balaban J connectivity index is 1.56. The predicted octanol–water partition coefficient (Wildman–Crippen LogP) is 1.71. The van der Waals surface area contributed by atoms with Crippen LogP contribution < -0.4 is 10.6 Å². The number of rotatable bonds is 5. The first kappa shape index (κ1) is 13.9. The van der Waals surface area contributed by atoms with Crippen molar-refractivity contribution in [2.24, 2.45) is 17.8 Å². The molecule has 5 heteroatoms. The summed E-state index contributed by atoms with van der Waals surface area (Å²) in [4.78, 5) is 23.4. The summed E-state index contributed by atoms with van der Waals surface area (Å²) in [6.07, 6.45) is 2.95. The van der Waals surface area contributed by atoms with E-state index in [-0.39, 0.29) is 24.4 Å². The molecule has 2 aliphatic carbocycles. The summed E-state index contributed by atoms with van der Waals surface area (Å²) >= 11 is 0. The summed E-state index contributed by atoms with van der Waals surface area (Å²) in [7, 11) is 0. The van der Waals surface area contributed by atoms with E-state index in [9.17, 15) is 14.7 Å². The zero-order valence-corrected chi connectivity index (χ0v) is 11.8. The zero-order chi connectivity index (χ0) is 14.8. The quantitative estimate of drug-likeness (QED) is 0.771. The fourth-order valence-electron chi connectivity index (χ4n) is 3.83. The number of nitrogens with one attached hydrogen (secondary N) is 2. The van der Waals surface area contributed by atoms with Gasteiger partial charge in [0.1, 0.15) is 0 Å². The summed E-state index contributed by atoms with van der Waals surface area (Å²) in [5, 5.41) is 15.3. The summed E-state index contributed by atoms with van der Waals surface area (Å²) in [6, 6.07) is 9.30. The summed E-state index contributed by atoms with van der Waals surface area (Å²) in [5.74, 6) is -0.757. The Labute approximate surface area is 123 Å². The van der Waals surface area contributed by atoms with Gasteiger partial charge in [-0.05, 0) is 43.2 Å². The molecule has 112 valence electrons. The second-order valence-electron chi connectivity index (χ2n) is 6.01. The topological polar surface area (TPSA) is 78.4 Å². The molecule has 2 fully saturated rings. The van der Waals surface area contributed by atoms with Crippen LogP contribution in [0.3, 0.4) is 0 Å². The van der Waals surface area contributed by atoms with Crippen LogP contribution in [0.25, 0.3) is 0 Å². The van der Waals surface area contributed by atoms with Gasteiger partial charge in [-0.3, -0.25) is 9.59 Å². The molecule has 1 aromatic rings. The fraction of sp³-hybridized carbons (Fsp3) is 0.500. The van der Waals surface area contributed by atoms with Crippen molar-refractivity contribution in [3.63, 3.8) is 0 Å². The SMILES string of the molecule is O=C(CNc1ccccc1)NC1C2CCC(C2)C1C(=O)O. The Kier molecular flexibility index (Phi) is 3.82. The van der Waals surface area contributed by atoms with Gasteiger partial charge >= 0.3 is 5.97 Å². The van der Waals surface area contributed by atoms with Gasteiger partial charge in [-0.2, -0.15) is 0 Å². The molecule has 1 amide bonds. The maximum atomic E-state index is 12.1. The van der Waals surface area contributed by atoms with E-state index in [1.165, 1.54) is 0 Å². The lowest BCUT2D eigenvalue weighted by atomic mass is 9.84. The number of amides is 1. The Bertz CT molecular complexity index is 532. The van der Waals surface area contributed by atoms with Gasteiger partial charge in [0.05, 0.1) is 12.5 Å². The Morgan fingerprint density at radius 3 is 2.57 bits per heavy atom. The van der Waals surface area contributed by atoms with Crippen LogP contribution in [-0.2, 0) is 9.59 Å². The summed E-state index contributed by atoms with van der Waals surface area (Å²) < 4.78 is 0. The predicted molar refractivity (Wildman–Crippen MR) is 78.8 cm³/mol. The van der Waals surface area contributed by atoms with Crippen molar-refractivity contribution in [1.82, 2.24) is 5.32 Å². The average Bonchev–Trinajstić information content (AvgIpc) is 3.07.